The van der Waals surface area contributed by atoms with Crippen LogP contribution in [0, 0.1) is 0 Å². The van der Waals surface area contributed by atoms with Crippen LogP contribution < -0.4 is 5.73 Å². The van der Waals surface area contributed by atoms with E-state index in [2.05, 4.69) is 5.16 Å². The molecule has 1 heterocycles. The van der Waals surface area contributed by atoms with E-state index < -0.39 is 5.54 Å². The molecule has 3 nitrogen and oxygen atoms in total. The summed E-state index contributed by atoms with van der Waals surface area (Å²) >= 11 is 5.95. The van der Waals surface area contributed by atoms with Crippen LogP contribution in [-0.4, -0.2) is 5.16 Å². The van der Waals surface area contributed by atoms with Crippen LogP contribution in [0.3, 0.4) is 0 Å². The molecule has 4 heteroatoms. The Balaban J connectivity index is 2.76. The summed E-state index contributed by atoms with van der Waals surface area (Å²) in [4.78, 5) is 0. The number of nitrogens with zero attached hydrogens (tertiary/aromatic N) is 1. The van der Waals surface area contributed by atoms with Gasteiger partial charge in [0.2, 0.25) is 0 Å². The van der Waals surface area contributed by atoms with Crippen molar-refractivity contribution < 1.29 is 4.52 Å². The Morgan fingerprint density at radius 1 is 1.43 bits per heavy atom. The predicted octanol–water partition coefficient (Wildman–Crippen LogP) is 2.68. The van der Waals surface area contributed by atoms with E-state index in [4.69, 9.17) is 21.9 Å². The monoisotopic (exact) mass is 210 g/mol. The van der Waals surface area contributed by atoms with Crippen LogP contribution in [0.1, 0.15) is 19.5 Å². The first-order chi connectivity index (χ1) is 6.50. The maximum absolute atomic E-state index is 5.95. The summed E-state index contributed by atoms with van der Waals surface area (Å²) in [6.07, 6.45) is 0. The van der Waals surface area contributed by atoms with Crippen molar-refractivity contribution in [2.75, 3.05) is 0 Å². The van der Waals surface area contributed by atoms with Crippen LogP contribution in [0.15, 0.2) is 22.7 Å². The number of nitrogens with two attached hydrogens (primary N) is 1. The quantitative estimate of drug-likeness (QED) is 0.788. The van der Waals surface area contributed by atoms with Crippen molar-refractivity contribution >= 4 is 22.6 Å². The van der Waals surface area contributed by atoms with Crippen molar-refractivity contribution in [1.82, 2.24) is 5.16 Å². The summed E-state index contributed by atoms with van der Waals surface area (Å²) in [7, 11) is 0. The number of hydrogen-bond acceptors (Lipinski definition) is 3. The molecule has 1 aromatic carbocycles. The summed E-state index contributed by atoms with van der Waals surface area (Å²) in [6, 6.07) is 5.53. The second kappa shape index (κ2) is 2.97. The fourth-order valence-electron chi connectivity index (χ4n) is 1.39. The predicted molar refractivity (Wildman–Crippen MR) is 56.2 cm³/mol. The summed E-state index contributed by atoms with van der Waals surface area (Å²) in [5.41, 5.74) is 6.77. The van der Waals surface area contributed by atoms with Gasteiger partial charge in [-0.15, -0.1) is 0 Å². The molecule has 0 fully saturated rings. The molecule has 0 amide bonds. The molecule has 0 aliphatic rings. The number of aromatic nitrogens is 1. The zero-order chi connectivity index (χ0) is 10.3. The molecule has 0 bridgehead atoms. The molecule has 2 rings (SSSR count). The number of halogens is 1. The van der Waals surface area contributed by atoms with Gasteiger partial charge in [-0.05, 0) is 26.0 Å². The highest BCUT2D eigenvalue weighted by Crippen LogP contribution is 2.30. The SMILES string of the molecule is CC(C)(N)c1noc2c(Cl)cccc12. The number of hydrogen-bond donors (Lipinski definition) is 1. The van der Waals surface area contributed by atoms with E-state index in [1.165, 1.54) is 0 Å². The van der Waals surface area contributed by atoms with E-state index in [1.807, 2.05) is 26.0 Å². The van der Waals surface area contributed by atoms with Crippen molar-refractivity contribution in [3.63, 3.8) is 0 Å². The number of para-hydroxylation sites is 1. The molecular formula is C10H11ClN2O. The fourth-order valence-corrected chi connectivity index (χ4v) is 1.60. The highest BCUT2D eigenvalue weighted by molar-refractivity contribution is 6.34. The molecular weight excluding hydrogens is 200 g/mol. The highest BCUT2D eigenvalue weighted by atomic mass is 35.5. The van der Waals surface area contributed by atoms with Crippen LogP contribution in [-0.2, 0) is 5.54 Å². The lowest BCUT2D eigenvalue weighted by atomic mass is 9.99. The third-order valence-electron chi connectivity index (χ3n) is 2.06. The summed E-state index contributed by atoms with van der Waals surface area (Å²) in [6.45, 7) is 3.76. The molecule has 0 aliphatic heterocycles. The second-order valence-corrected chi connectivity index (χ2v) is 4.28. The largest absolute Gasteiger partial charge is 0.354 e. The number of rotatable bonds is 1. The van der Waals surface area contributed by atoms with Crippen molar-refractivity contribution in [2.24, 2.45) is 5.73 Å². The molecule has 2 aromatic rings. The maximum atomic E-state index is 5.95. The first-order valence-corrected chi connectivity index (χ1v) is 4.71. The van der Waals surface area contributed by atoms with Gasteiger partial charge >= 0.3 is 0 Å². The van der Waals surface area contributed by atoms with Gasteiger partial charge in [0.1, 0.15) is 5.69 Å². The Bertz CT molecular complexity index is 470. The molecule has 0 aliphatic carbocycles. The Morgan fingerprint density at radius 3 is 2.79 bits per heavy atom. The molecule has 1 aromatic heterocycles. The van der Waals surface area contributed by atoms with E-state index >= 15 is 0 Å². The normalized spacial score (nSPS) is 12.3. The molecule has 14 heavy (non-hydrogen) atoms. The Labute approximate surface area is 86.8 Å². The Hall–Kier alpha value is -1.06. The lowest BCUT2D eigenvalue weighted by molar-refractivity contribution is 0.413. The highest BCUT2D eigenvalue weighted by Gasteiger charge is 2.22. The second-order valence-electron chi connectivity index (χ2n) is 3.87. The van der Waals surface area contributed by atoms with E-state index in [0.717, 1.165) is 11.1 Å². The van der Waals surface area contributed by atoms with E-state index in [0.29, 0.717) is 10.6 Å². The molecule has 0 radical (unpaired) electrons. The van der Waals surface area contributed by atoms with E-state index in [9.17, 15) is 0 Å². The third-order valence-corrected chi connectivity index (χ3v) is 2.36. The smallest absolute Gasteiger partial charge is 0.185 e. The first-order valence-electron chi connectivity index (χ1n) is 4.33. The van der Waals surface area contributed by atoms with Gasteiger partial charge in [-0.2, -0.15) is 0 Å². The Kier molecular flexibility index (Phi) is 2.01. The molecule has 0 saturated carbocycles. The molecule has 0 unspecified atom stereocenters. The molecule has 0 spiro atoms. The Morgan fingerprint density at radius 2 is 2.14 bits per heavy atom. The third kappa shape index (κ3) is 1.38. The fraction of sp³-hybridized carbons (Fsp3) is 0.300. The number of benzene rings is 1. The van der Waals surface area contributed by atoms with Crippen molar-refractivity contribution in [2.45, 2.75) is 19.4 Å². The van der Waals surface area contributed by atoms with Crippen molar-refractivity contribution in [1.29, 1.82) is 0 Å². The zero-order valence-corrected chi connectivity index (χ0v) is 8.80. The van der Waals surface area contributed by atoms with Gasteiger partial charge in [-0.3, -0.25) is 0 Å². The minimum absolute atomic E-state index is 0.518. The minimum Gasteiger partial charge on any atom is -0.354 e. The summed E-state index contributed by atoms with van der Waals surface area (Å²) < 4.78 is 5.14. The van der Waals surface area contributed by atoms with Crippen LogP contribution in [0.4, 0.5) is 0 Å². The van der Waals surface area contributed by atoms with Gasteiger partial charge in [0.15, 0.2) is 5.58 Å². The standard InChI is InChI=1S/C10H11ClN2O/c1-10(2,12)9-6-4-3-5-7(11)8(6)14-13-9/h3-5H,12H2,1-2H3. The lowest BCUT2D eigenvalue weighted by Gasteiger charge is -2.14. The average molecular weight is 211 g/mol. The van der Waals surface area contributed by atoms with E-state index in [-0.39, 0.29) is 0 Å². The topological polar surface area (TPSA) is 52.0 Å². The van der Waals surface area contributed by atoms with Gasteiger partial charge in [0.05, 0.1) is 10.6 Å². The van der Waals surface area contributed by atoms with Gasteiger partial charge in [-0.1, -0.05) is 22.8 Å². The molecule has 74 valence electrons. The van der Waals surface area contributed by atoms with Crippen LogP contribution in [0.25, 0.3) is 11.0 Å². The summed E-state index contributed by atoms with van der Waals surface area (Å²) in [5.74, 6) is 0. The molecule has 0 saturated heterocycles. The molecule has 0 atom stereocenters. The van der Waals surface area contributed by atoms with Crippen LogP contribution in [0.5, 0.6) is 0 Å². The minimum atomic E-state index is -0.518. The van der Waals surface area contributed by atoms with Crippen LogP contribution >= 0.6 is 11.6 Å². The van der Waals surface area contributed by atoms with Gasteiger partial charge in [-0.25, -0.2) is 0 Å². The van der Waals surface area contributed by atoms with Gasteiger partial charge in [0, 0.05) is 5.39 Å². The lowest BCUT2D eigenvalue weighted by Crippen LogP contribution is -2.29. The van der Waals surface area contributed by atoms with Crippen LogP contribution in [0.2, 0.25) is 5.02 Å². The average Bonchev–Trinajstić information content (AvgIpc) is 2.47. The molecule has 2 N–H and O–H groups in total. The first kappa shape index (κ1) is 9.49. The van der Waals surface area contributed by atoms with Gasteiger partial charge < -0.3 is 10.3 Å². The van der Waals surface area contributed by atoms with Gasteiger partial charge in [0.25, 0.3) is 0 Å². The maximum Gasteiger partial charge on any atom is 0.185 e. The van der Waals surface area contributed by atoms with E-state index in [1.54, 1.807) is 6.07 Å². The van der Waals surface area contributed by atoms with Crippen molar-refractivity contribution in [3.05, 3.63) is 28.9 Å². The van der Waals surface area contributed by atoms with Crippen molar-refractivity contribution in [3.8, 4) is 0 Å². The number of fused-ring (bicyclic) bond motifs is 1. The zero-order valence-electron chi connectivity index (χ0n) is 8.04. The summed E-state index contributed by atoms with van der Waals surface area (Å²) in [5, 5.41) is 5.38.